The number of hydrogen-bond donors (Lipinski definition) is 0. The van der Waals surface area contributed by atoms with Gasteiger partial charge >= 0.3 is 0 Å². The van der Waals surface area contributed by atoms with Crippen LogP contribution in [0.4, 0.5) is 0 Å². The highest BCUT2D eigenvalue weighted by Crippen LogP contribution is 2.52. The second-order valence-electron chi connectivity index (χ2n) is 10.1. The van der Waals surface area contributed by atoms with E-state index in [0.29, 0.717) is 10.5 Å². The lowest BCUT2D eigenvalue weighted by Gasteiger charge is -2.32. The predicted molar refractivity (Wildman–Crippen MR) is 149 cm³/mol. The van der Waals surface area contributed by atoms with Gasteiger partial charge in [0, 0.05) is 12.8 Å². The maximum Gasteiger partial charge on any atom is 0.203 e. The number of para-hydroxylation sites is 4. The number of halogens is 2. The van der Waals surface area contributed by atoms with Crippen LogP contribution in [0.1, 0.15) is 25.7 Å². The Labute approximate surface area is 276 Å². The van der Waals surface area contributed by atoms with Gasteiger partial charge in [-0.2, -0.15) is 0 Å². The largest absolute Gasteiger partial charge is 0.447 e. The number of fused-ring (bicyclic) bond motifs is 4. The summed E-state index contributed by atoms with van der Waals surface area (Å²) in [6.45, 7) is 0. The first kappa shape index (κ1) is 34.5. The lowest BCUT2D eigenvalue weighted by molar-refractivity contribution is -2.00. The Morgan fingerprint density at radius 2 is 0.674 bits per heavy atom. The van der Waals surface area contributed by atoms with Crippen molar-refractivity contribution < 1.29 is 67.2 Å². The van der Waals surface area contributed by atoms with Crippen molar-refractivity contribution in [2.24, 2.45) is 0 Å². The monoisotopic (exact) mass is 706 g/mol. The lowest BCUT2D eigenvalue weighted by atomic mass is 10.1. The van der Waals surface area contributed by atoms with Crippen LogP contribution in [0.2, 0.25) is 0 Å². The molecule has 0 unspecified atom stereocenters. The Balaban J connectivity index is 0.000000366. The molecule has 2 atom stereocenters. The van der Waals surface area contributed by atoms with E-state index in [0.717, 1.165) is 35.8 Å². The Bertz CT molecular complexity index is 1440. The molecule has 0 saturated carbocycles. The van der Waals surface area contributed by atoms with E-state index in [1.54, 1.807) is 0 Å². The molecule has 14 heteroatoms. The molecular formula is C32H28Cl2O10S2. The zero-order chi connectivity index (χ0) is 32.9. The molecule has 46 heavy (non-hydrogen) atoms. The van der Waals surface area contributed by atoms with Gasteiger partial charge in [0.05, 0.1) is 21.8 Å². The highest BCUT2D eigenvalue weighted by atomic mass is 35.7. The molecule has 0 N–H and O–H groups in total. The summed E-state index contributed by atoms with van der Waals surface area (Å²) < 4.78 is 80.8. The van der Waals surface area contributed by atoms with Gasteiger partial charge in [-0.1, -0.05) is 60.7 Å². The minimum absolute atomic E-state index is 0.0779. The van der Waals surface area contributed by atoms with Crippen molar-refractivity contribution in [3.8, 4) is 23.0 Å². The number of ether oxygens (including phenoxy) is 2. The SMILES string of the molecule is C1=C\CC[C@@H]([S+]2c3ccccc3Oc3ccccc32)[C@H]([S+]2c3ccccc3Oc3ccccc32)CC/1.[O-][Cl+3]([O-])([O-])[O-].[O-][Cl+3]([O-])([O-])[O-]. The predicted octanol–water partition coefficient (Wildman–Crippen LogP) is -0.974. The normalized spacial score (nSPS) is 19.7. The Hall–Kier alpha value is -2.82. The van der Waals surface area contributed by atoms with Crippen LogP contribution in [0.15, 0.2) is 129 Å². The number of hydrogen-bond acceptors (Lipinski definition) is 10. The fourth-order valence-electron chi connectivity index (χ4n) is 5.66. The molecule has 242 valence electrons. The Morgan fingerprint density at radius 1 is 0.435 bits per heavy atom. The van der Waals surface area contributed by atoms with Gasteiger partial charge in [-0.25, -0.2) is 37.3 Å². The van der Waals surface area contributed by atoms with Crippen molar-refractivity contribution in [3.05, 3.63) is 109 Å². The molecule has 7 rings (SSSR count). The van der Waals surface area contributed by atoms with Crippen molar-refractivity contribution in [3.63, 3.8) is 0 Å². The third-order valence-corrected chi connectivity index (χ3v) is 13.0. The summed E-state index contributed by atoms with van der Waals surface area (Å²) in [7, 11) is -10.0. The molecule has 2 heterocycles. The van der Waals surface area contributed by atoms with Gasteiger partial charge in [0.25, 0.3) is 0 Å². The molecule has 0 radical (unpaired) electrons. The van der Waals surface area contributed by atoms with Crippen LogP contribution < -0.4 is 46.7 Å². The standard InChI is InChI=1S/C32H28O2S2.2ClHO4/c1-2-4-22-32(36-29-19-11-7-15-25(29)34-26-16-8-12-20-30(26)36)31(21-3-1)35-27-17-9-5-13-23(27)33-24-14-6-10-18-28(24)35;2*2-1(3,4)5/h1-2,5-20,31-32H,3-4,21-22H2;2*(H,2,3,4,5)/q+2;;/p-2/b2-1-;;/t31-,32-;;/m1../s1. The first-order valence-electron chi connectivity index (χ1n) is 13.9. The van der Waals surface area contributed by atoms with Gasteiger partial charge in [-0.05, 0) is 61.4 Å². The van der Waals surface area contributed by atoms with Gasteiger partial charge < -0.3 is 9.47 Å². The van der Waals surface area contributed by atoms with E-state index >= 15 is 0 Å². The van der Waals surface area contributed by atoms with E-state index in [4.69, 9.17) is 46.7 Å². The molecule has 0 saturated heterocycles. The highest BCUT2D eigenvalue weighted by Gasteiger charge is 2.55. The summed E-state index contributed by atoms with van der Waals surface area (Å²) in [5, 5.41) is 1.01. The van der Waals surface area contributed by atoms with Crippen LogP contribution in [0.3, 0.4) is 0 Å². The molecule has 1 aliphatic carbocycles. The fraction of sp³-hybridized carbons (Fsp3) is 0.188. The van der Waals surface area contributed by atoms with Gasteiger partial charge in [-0.15, -0.1) is 20.5 Å². The van der Waals surface area contributed by atoms with Crippen LogP contribution in [-0.2, 0) is 21.8 Å². The van der Waals surface area contributed by atoms with Crippen LogP contribution in [0.5, 0.6) is 23.0 Å². The third kappa shape index (κ3) is 8.95. The second kappa shape index (κ2) is 14.9. The van der Waals surface area contributed by atoms with Crippen LogP contribution >= 0.6 is 0 Å². The Kier molecular flexibility index (Phi) is 11.2. The van der Waals surface area contributed by atoms with Gasteiger partial charge in [0.15, 0.2) is 33.5 Å². The number of allylic oxidation sites excluding steroid dienone is 2. The molecule has 0 spiro atoms. The van der Waals surface area contributed by atoms with Gasteiger partial charge in [0.2, 0.25) is 19.6 Å². The quantitative estimate of drug-likeness (QED) is 0.184. The van der Waals surface area contributed by atoms with Crippen molar-refractivity contribution >= 4 is 21.8 Å². The molecular weight excluding hydrogens is 679 g/mol. The summed E-state index contributed by atoms with van der Waals surface area (Å²) in [6.07, 6.45) is 9.38. The molecule has 3 aliphatic rings. The molecule has 0 aromatic heterocycles. The van der Waals surface area contributed by atoms with E-state index in [2.05, 4.69) is 109 Å². The van der Waals surface area contributed by atoms with Crippen LogP contribution in [0.25, 0.3) is 0 Å². The Morgan fingerprint density at radius 3 is 0.935 bits per heavy atom. The van der Waals surface area contributed by atoms with Crippen molar-refractivity contribution in [1.29, 1.82) is 0 Å². The maximum absolute atomic E-state index is 8.49. The summed E-state index contributed by atoms with van der Waals surface area (Å²) in [5.74, 6) is 4.08. The second-order valence-corrected chi connectivity index (χ2v) is 16.0. The van der Waals surface area contributed by atoms with E-state index in [-0.39, 0.29) is 21.8 Å². The van der Waals surface area contributed by atoms with E-state index < -0.39 is 20.5 Å². The summed E-state index contributed by atoms with van der Waals surface area (Å²) in [6, 6.07) is 34.9. The molecule has 10 nitrogen and oxygen atoms in total. The topological polar surface area (TPSA) is 203 Å². The zero-order valence-electron chi connectivity index (χ0n) is 24.0. The fourth-order valence-corrected chi connectivity index (χ4v) is 11.9. The van der Waals surface area contributed by atoms with Gasteiger partial charge in [-0.3, -0.25) is 0 Å². The van der Waals surface area contributed by atoms with Crippen molar-refractivity contribution in [2.75, 3.05) is 0 Å². The zero-order valence-corrected chi connectivity index (χ0v) is 27.2. The average molecular weight is 708 g/mol. The van der Waals surface area contributed by atoms with E-state index in [9.17, 15) is 0 Å². The molecule has 4 aromatic carbocycles. The van der Waals surface area contributed by atoms with Gasteiger partial charge in [0.1, 0.15) is 0 Å². The first-order valence-corrected chi connectivity index (χ1v) is 19.0. The minimum Gasteiger partial charge on any atom is -0.447 e. The minimum atomic E-state index is -4.94. The summed E-state index contributed by atoms with van der Waals surface area (Å²) >= 11 is 0. The molecule has 4 aromatic rings. The van der Waals surface area contributed by atoms with Crippen LogP contribution in [-0.4, -0.2) is 10.5 Å². The molecule has 0 fully saturated rings. The third-order valence-electron chi connectivity index (χ3n) is 7.21. The number of benzene rings is 4. The lowest BCUT2D eigenvalue weighted by Crippen LogP contribution is -2.68. The maximum atomic E-state index is 8.49. The van der Waals surface area contributed by atoms with Crippen molar-refractivity contribution in [1.82, 2.24) is 0 Å². The molecule has 0 bridgehead atoms. The summed E-state index contributed by atoms with van der Waals surface area (Å²) in [4.78, 5) is 5.42. The first-order chi connectivity index (χ1) is 21.9. The van der Waals surface area contributed by atoms with Crippen LogP contribution in [0, 0.1) is 20.5 Å². The van der Waals surface area contributed by atoms with E-state index in [1.165, 1.54) is 32.4 Å². The smallest absolute Gasteiger partial charge is 0.203 e. The summed E-state index contributed by atoms with van der Waals surface area (Å²) in [5.41, 5.74) is 0. The molecule has 0 amide bonds. The molecule has 2 aliphatic heterocycles. The average Bonchev–Trinajstić information content (AvgIpc) is 2.98. The van der Waals surface area contributed by atoms with Crippen molar-refractivity contribution in [2.45, 2.75) is 55.8 Å². The number of rotatable bonds is 2. The van der Waals surface area contributed by atoms with E-state index in [1.807, 2.05) is 0 Å². The highest BCUT2D eigenvalue weighted by molar-refractivity contribution is 8.01.